The lowest BCUT2D eigenvalue weighted by atomic mass is 9.96. The van der Waals surface area contributed by atoms with E-state index < -0.39 is 41.7 Å². The van der Waals surface area contributed by atoms with Gasteiger partial charge in [0.2, 0.25) is 5.91 Å². The van der Waals surface area contributed by atoms with Crippen molar-refractivity contribution in [3.63, 3.8) is 0 Å². The number of hydrogen-bond acceptors (Lipinski definition) is 5. The Labute approximate surface area is 214 Å². The normalized spacial score (nSPS) is 21.7. The van der Waals surface area contributed by atoms with Crippen molar-refractivity contribution in [1.29, 1.82) is 0 Å². The van der Waals surface area contributed by atoms with Gasteiger partial charge in [-0.3, -0.25) is 9.79 Å². The van der Waals surface area contributed by atoms with Crippen molar-refractivity contribution >= 4 is 23.5 Å². The number of hydrogen-bond donors (Lipinski definition) is 1. The fourth-order valence-electron chi connectivity index (χ4n) is 4.95. The van der Waals surface area contributed by atoms with E-state index in [-0.39, 0.29) is 36.3 Å². The number of aromatic nitrogens is 2. The number of aliphatic imine (C=N–C) groups is 1. The number of fused-ring (bicyclic) bond motifs is 1. The third kappa shape index (κ3) is 4.77. The summed E-state index contributed by atoms with van der Waals surface area (Å²) in [5.74, 6) is 3.67. The van der Waals surface area contributed by atoms with Crippen molar-refractivity contribution < 1.29 is 26.7 Å². The van der Waals surface area contributed by atoms with Crippen molar-refractivity contribution in [2.45, 2.75) is 38.4 Å². The van der Waals surface area contributed by atoms with Gasteiger partial charge in [-0.2, -0.15) is 18.3 Å². The third-order valence-corrected chi connectivity index (χ3v) is 6.97. The van der Waals surface area contributed by atoms with E-state index in [0.717, 1.165) is 17.8 Å². The molecule has 2 aliphatic rings. The number of carbonyl (C=O) groups is 1. The summed E-state index contributed by atoms with van der Waals surface area (Å²) in [4.78, 5) is 22.6. The molecule has 5 rings (SSSR count). The molecule has 2 atom stereocenters. The van der Waals surface area contributed by atoms with E-state index in [1.54, 1.807) is 19.2 Å². The maximum Gasteiger partial charge on any atom is 0.406 e. The first kappa shape index (κ1) is 25.6. The second-order valence-electron chi connectivity index (χ2n) is 9.54. The minimum Gasteiger partial charge on any atom is -0.323 e. The number of imidazole rings is 1. The lowest BCUT2D eigenvalue weighted by Gasteiger charge is -2.27. The van der Waals surface area contributed by atoms with Gasteiger partial charge < -0.3 is 15.3 Å². The molecule has 2 unspecified atom stereocenters. The van der Waals surface area contributed by atoms with Crippen LogP contribution in [0.5, 0.6) is 0 Å². The first-order valence-electron chi connectivity index (χ1n) is 11.8. The summed E-state index contributed by atoms with van der Waals surface area (Å²) >= 11 is 0. The molecule has 1 aliphatic carbocycles. The quantitative estimate of drug-likeness (QED) is 0.228. The smallest absolute Gasteiger partial charge is 0.323 e. The molecule has 1 fully saturated rings. The van der Waals surface area contributed by atoms with Gasteiger partial charge in [-0.15, -0.1) is 0 Å². The molecule has 38 heavy (non-hydrogen) atoms. The van der Waals surface area contributed by atoms with Gasteiger partial charge in [0.25, 0.3) is 0 Å². The van der Waals surface area contributed by atoms with E-state index >= 15 is 0 Å². The molecule has 1 spiro atoms. The average Bonchev–Trinajstić information content (AvgIpc) is 3.43. The topological polar surface area (TPSA) is 88.9 Å². The first-order valence-corrected chi connectivity index (χ1v) is 11.8. The molecule has 12 heteroatoms. The van der Waals surface area contributed by atoms with Gasteiger partial charge in [0.15, 0.2) is 0 Å². The lowest BCUT2D eigenvalue weighted by molar-refractivity contribution is -0.135. The van der Waals surface area contributed by atoms with Crippen LogP contribution in [-0.2, 0) is 11.2 Å². The number of amides is 1. The van der Waals surface area contributed by atoms with Crippen LogP contribution in [0.1, 0.15) is 29.7 Å². The number of carbonyl (C=O) groups excluding carboxylic acids is 1. The highest BCUT2D eigenvalue weighted by atomic mass is 19.4. The maximum atomic E-state index is 14.8. The van der Waals surface area contributed by atoms with Crippen molar-refractivity contribution in [1.82, 2.24) is 9.55 Å². The standard InChI is InChI=1S/C26H23F5N6O/c1-15-12-36(14-34-15)22-4-2-16(9-19(22)28)20(35-32)11-33-23-10-25(23)7-6-17-8-18(27)3-5-21(17)37(24(25)38)13-26(29,30)31/h2-5,8-9,11-12,14,23H,6-7,10,13,32H2,1H3. The van der Waals surface area contributed by atoms with Crippen LogP contribution in [-0.4, -0.2) is 46.1 Å². The van der Waals surface area contributed by atoms with E-state index in [2.05, 4.69) is 15.1 Å². The Morgan fingerprint density at radius 2 is 1.97 bits per heavy atom. The van der Waals surface area contributed by atoms with Crippen LogP contribution in [0.25, 0.3) is 5.69 Å². The molecule has 1 saturated carbocycles. The van der Waals surface area contributed by atoms with Gasteiger partial charge in [0.05, 0.1) is 29.2 Å². The fraction of sp³-hybridized carbons (Fsp3) is 0.308. The van der Waals surface area contributed by atoms with Crippen LogP contribution in [0.4, 0.5) is 27.6 Å². The van der Waals surface area contributed by atoms with E-state index in [1.165, 1.54) is 35.3 Å². The largest absolute Gasteiger partial charge is 0.406 e. The van der Waals surface area contributed by atoms with Crippen LogP contribution in [0, 0.1) is 24.0 Å². The van der Waals surface area contributed by atoms with Gasteiger partial charge in [-0.25, -0.2) is 13.8 Å². The van der Waals surface area contributed by atoms with E-state index in [9.17, 15) is 26.7 Å². The molecular weight excluding hydrogens is 507 g/mol. The molecule has 1 amide bonds. The molecule has 2 N–H and O–H groups in total. The average molecular weight is 531 g/mol. The van der Waals surface area contributed by atoms with Gasteiger partial charge in [-0.1, -0.05) is 6.07 Å². The Morgan fingerprint density at radius 1 is 1.21 bits per heavy atom. The van der Waals surface area contributed by atoms with Crippen LogP contribution < -0.4 is 10.7 Å². The molecule has 0 bridgehead atoms. The number of nitrogens with zero attached hydrogens (tertiary/aromatic N) is 5. The molecule has 7 nitrogen and oxygen atoms in total. The fourth-order valence-corrected chi connectivity index (χ4v) is 4.95. The SMILES string of the molecule is Cc1cn(-c2ccc(C(C=NC3CC34CCc3cc(F)ccc3N(CC(F)(F)F)C4=O)=NN)cc2F)cn1. The predicted octanol–water partition coefficient (Wildman–Crippen LogP) is 4.49. The second kappa shape index (κ2) is 9.34. The molecule has 2 heterocycles. The molecule has 3 aromatic rings. The number of hydrazone groups is 1. The lowest BCUT2D eigenvalue weighted by Crippen LogP contribution is -2.43. The maximum absolute atomic E-state index is 14.8. The number of halogens is 5. The summed E-state index contributed by atoms with van der Waals surface area (Å²) in [6.45, 7) is 0.293. The van der Waals surface area contributed by atoms with E-state index in [0.29, 0.717) is 16.0 Å². The zero-order valence-corrected chi connectivity index (χ0v) is 20.2. The summed E-state index contributed by atoms with van der Waals surface area (Å²) in [7, 11) is 0. The summed E-state index contributed by atoms with van der Waals surface area (Å²) < 4.78 is 70.3. The molecular formula is C26H23F5N6O. The first-order chi connectivity index (χ1) is 18.0. The van der Waals surface area contributed by atoms with Crippen LogP contribution in [0.2, 0.25) is 0 Å². The van der Waals surface area contributed by atoms with Crippen molar-refractivity contribution in [3.8, 4) is 5.69 Å². The minimum atomic E-state index is -4.65. The number of alkyl halides is 3. The van der Waals surface area contributed by atoms with Crippen molar-refractivity contribution in [2.24, 2.45) is 21.4 Å². The van der Waals surface area contributed by atoms with Crippen molar-refractivity contribution in [3.05, 3.63) is 77.4 Å². The van der Waals surface area contributed by atoms with Gasteiger partial charge >= 0.3 is 6.18 Å². The molecule has 2 aromatic carbocycles. The third-order valence-electron chi connectivity index (χ3n) is 6.97. The number of aryl methyl sites for hydroxylation is 2. The number of benzene rings is 2. The molecule has 0 radical (unpaired) electrons. The zero-order chi connectivity index (χ0) is 27.2. The second-order valence-corrected chi connectivity index (χ2v) is 9.54. The van der Waals surface area contributed by atoms with Crippen molar-refractivity contribution in [2.75, 3.05) is 11.4 Å². The summed E-state index contributed by atoms with van der Waals surface area (Å²) in [5.41, 5.74) is 0.684. The van der Waals surface area contributed by atoms with E-state index in [4.69, 9.17) is 5.84 Å². The highest BCUT2D eigenvalue weighted by molar-refractivity contribution is 6.38. The summed E-state index contributed by atoms with van der Waals surface area (Å²) in [5, 5.41) is 3.68. The monoisotopic (exact) mass is 530 g/mol. The molecule has 1 aliphatic heterocycles. The van der Waals surface area contributed by atoms with Gasteiger partial charge in [0, 0.05) is 23.7 Å². The minimum absolute atomic E-state index is 0.0492. The highest BCUT2D eigenvalue weighted by Gasteiger charge is 2.62. The molecule has 1 aromatic heterocycles. The Hall–Kier alpha value is -4.09. The van der Waals surface area contributed by atoms with Crippen LogP contribution in [0.15, 0.2) is 59.0 Å². The number of nitrogens with two attached hydrogens (primary N) is 1. The zero-order valence-electron chi connectivity index (χ0n) is 20.2. The Balaban J connectivity index is 1.38. The van der Waals surface area contributed by atoms with E-state index in [1.807, 2.05) is 0 Å². The van der Waals surface area contributed by atoms with Gasteiger partial charge in [0.1, 0.15) is 23.9 Å². The van der Waals surface area contributed by atoms with Gasteiger partial charge in [-0.05, 0) is 62.1 Å². The Kier molecular flexibility index (Phi) is 6.28. The highest BCUT2D eigenvalue weighted by Crippen LogP contribution is 2.56. The summed E-state index contributed by atoms with van der Waals surface area (Å²) in [6, 6.07) is 7.14. The van der Waals surface area contributed by atoms with Crippen LogP contribution in [0.3, 0.4) is 0 Å². The predicted molar refractivity (Wildman–Crippen MR) is 131 cm³/mol. The summed E-state index contributed by atoms with van der Waals surface area (Å²) in [6.07, 6.45) is 0.456. The Bertz CT molecular complexity index is 1460. The molecule has 0 saturated heterocycles. The number of anilines is 1. The Morgan fingerprint density at radius 3 is 2.63 bits per heavy atom. The van der Waals surface area contributed by atoms with Crippen LogP contribution >= 0.6 is 0 Å². The molecule has 198 valence electrons. The number of rotatable bonds is 5.